The first-order valence-corrected chi connectivity index (χ1v) is 7.72. The lowest BCUT2D eigenvalue weighted by molar-refractivity contribution is 0.0696. The largest absolute Gasteiger partial charge is 0.478 e. The first-order chi connectivity index (χ1) is 10.6. The summed E-state index contributed by atoms with van der Waals surface area (Å²) in [5.74, 6) is -0.954. The van der Waals surface area contributed by atoms with Crippen molar-refractivity contribution in [3.63, 3.8) is 0 Å². The fourth-order valence-electron chi connectivity index (χ4n) is 2.83. The first-order valence-electron chi connectivity index (χ1n) is 7.72. The van der Waals surface area contributed by atoms with Crippen LogP contribution >= 0.6 is 0 Å². The van der Waals surface area contributed by atoms with Gasteiger partial charge in [0.1, 0.15) is 0 Å². The van der Waals surface area contributed by atoms with Gasteiger partial charge >= 0.3 is 12.0 Å². The van der Waals surface area contributed by atoms with Crippen molar-refractivity contribution < 1.29 is 14.7 Å². The van der Waals surface area contributed by atoms with Gasteiger partial charge in [0.15, 0.2) is 0 Å². The van der Waals surface area contributed by atoms with E-state index >= 15 is 0 Å². The second-order valence-corrected chi connectivity index (χ2v) is 5.92. The van der Waals surface area contributed by atoms with Crippen LogP contribution in [0, 0.1) is 0 Å². The van der Waals surface area contributed by atoms with E-state index in [1.54, 1.807) is 18.2 Å². The minimum atomic E-state index is -0.954. The lowest BCUT2D eigenvalue weighted by Gasteiger charge is -2.34. The number of urea groups is 1. The summed E-state index contributed by atoms with van der Waals surface area (Å²) in [7, 11) is 0. The van der Waals surface area contributed by atoms with E-state index in [1.165, 1.54) is 12.8 Å². The number of rotatable bonds is 4. The van der Waals surface area contributed by atoms with Crippen LogP contribution in [-0.2, 0) is 6.54 Å². The second kappa shape index (κ2) is 6.36. The summed E-state index contributed by atoms with van der Waals surface area (Å²) in [6, 6.07) is 7.33. The Labute approximate surface area is 129 Å². The topological polar surface area (TPSA) is 72.9 Å². The highest BCUT2D eigenvalue weighted by Gasteiger charge is 2.32. The van der Waals surface area contributed by atoms with E-state index < -0.39 is 5.97 Å². The normalized spacial score (nSPS) is 19.0. The Bertz CT molecular complexity index is 564. The maximum atomic E-state index is 12.2. The number of aromatic carboxylic acids is 1. The van der Waals surface area contributed by atoms with Gasteiger partial charge in [0.2, 0.25) is 0 Å². The molecule has 6 heteroatoms. The number of nitrogens with zero attached hydrogens (tertiary/aromatic N) is 2. The average Bonchev–Trinajstić information content (AvgIpc) is 3.38. The lowest BCUT2D eigenvalue weighted by Crippen LogP contribution is -2.52. The van der Waals surface area contributed by atoms with Crippen LogP contribution in [0.5, 0.6) is 0 Å². The molecule has 0 aromatic heterocycles. The van der Waals surface area contributed by atoms with E-state index in [4.69, 9.17) is 5.11 Å². The van der Waals surface area contributed by atoms with E-state index in [0.29, 0.717) is 6.54 Å². The third kappa shape index (κ3) is 3.57. The average molecular weight is 303 g/mol. The van der Waals surface area contributed by atoms with Gasteiger partial charge in [-0.25, -0.2) is 9.59 Å². The number of nitrogens with one attached hydrogen (secondary N) is 1. The zero-order valence-corrected chi connectivity index (χ0v) is 12.5. The summed E-state index contributed by atoms with van der Waals surface area (Å²) >= 11 is 0. The summed E-state index contributed by atoms with van der Waals surface area (Å²) in [5, 5.41) is 11.8. The van der Waals surface area contributed by atoms with Gasteiger partial charge in [0.05, 0.1) is 5.56 Å². The third-order valence-electron chi connectivity index (χ3n) is 4.28. The molecule has 1 aliphatic carbocycles. The van der Waals surface area contributed by atoms with E-state index in [1.807, 2.05) is 11.0 Å². The van der Waals surface area contributed by atoms with Crippen molar-refractivity contribution in [3.8, 4) is 0 Å². The molecule has 6 nitrogen and oxygen atoms in total. The minimum Gasteiger partial charge on any atom is -0.478 e. The van der Waals surface area contributed by atoms with Crippen molar-refractivity contribution in [3.05, 3.63) is 35.4 Å². The van der Waals surface area contributed by atoms with Crippen molar-refractivity contribution in [2.24, 2.45) is 0 Å². The summed E-state index contributed by atoms with van der Waals surface area (Å²) in [4.78, 5) is 27.4. The van der Waals surface area contributed by atoms with Crippen LogP contribution in [0.4, 0.5) is 4.79 Å². The van der Waals surface area contributed by atoms with Gasteiger partial charge in [0, 0.05) is 38.8 Å². The van der Waals surface area contributed by atoms with E-state index in [2.05, 4.69) is 10.2 Å². The summed E-state index contributed by atoms with van der Waals surface area (Å²) in [5.41, 5.74) is 1.04. The predicted octanol–water partition coefficient (Wildman–Crippen LogP) is 1.37. The summed E-state index contributed by atoms with van der Waals surface area (Å²) in [6.45, 7) is 3.77. The smallest absolute Gasteiger partial charge is 0.335 e. The number of hydrogen-bond donors (Lipinski definition) is 2. The molecule has 118 valence electrons. The molecule has 1 aromatic carbocycles. The molecular weight excluding hydrogens is 282 g/mol. The third-order valence-corrected chi connectivity index (χ3v) is 4.28. The molecule has 0 radical (unpaired) electrons. The molecule has 2 amide bonds. The molecule has 1 saturated carbocycles. The Morgan fingerprint density at radius 3 is 2.55 bits per heavy atom. The van der Waals surface area contributed by atoms with Crippen LogP contribution in [0.25, 0.3) is 0 Å². The Balaban J connectivity index is 1.48. The van der Waals surface area contributed by atoms with Gasteiger partial charge in [-0.15, -0.1) is 0 Å². The predicted molar refractivity (Wildman–Crippen MR) is 81.8 cm³/mol. The lowest BCUT2D eigenvalue weighted by atomic mass is 10.1. The molecule has 1 aliphatic heterocycles. The highest BCUT2D eigenvalue weighted by molar-refractivity contribution is 5.87. The van der Waals surface area contributed by atoms with Crippen molar-refractivity contribution in [1.82, 2.24) is 15.1 Å². The molecule has 0 atom stereocenters. The number of piperazine rings is 1. The standard InChI is InChI=1S/C16H21N3O3/c20-15(21)13-3-1-2-12(10-13)11-17-16(22)19-8-6-18(7-9-19)14-4-5-14/h1-3,10,14H,4-9,11H2,(H,17,22)(H,20,21). The highest BCUT2D eigenvalue weighted by Crippen LogP contribution is 2.27. The second-order valence-electron chi connectivity index (χ2n) is 5.92. The highest BCUT2D eigenvalue weighted by atomic mass is 16.4. The van der Waals surface area contributed by atoms with Crippen molar-refractivity contribution in [1.29, 1.82) is 0 Å². The molecule has 0 bridgehead atoms. The summed E-state index contributed by atoms with van der Waals surface area (Å²) < 4.78 is 0. The van der Waals surface area contributed by atoms with Crippen LogP contribution in [0.2, 0.25) is 0 Å². The van der Waals surface area contributed by atoms with Gasteiger partial charge < -0.3 is 15.3 Å². The Morgan fingerprint density at radius 2 is 1.91 bits per heavy atom. The fourth-order valence-corrected chi connectivity index (χ4v) is 2.83. The van der Waals surface area contributed by atoms with E-state index in [-0.39, 0.29) is 11.6 Å². The fraction of sp³-hybridized carbons (Fsp3) is 0.500. The van der Waals surface area contributed by atoms with Crippen LogP contribution < -0.4 is 5.32 Å². The number of carbonyl (C=O) groups is 2. The summed E-state index contributed by atoms with van der Waals surface area (Å²) in [6.07, 6.45) is 2.60. The molecular formula is C16H21N3O3. The van der Waals surface area contributed by atoms with E-state index in [0.717, 1.165) is 37.8 Å². The number of hydrogen-bond acceptors (Lipinski definition) is 3. The zero-order valence-electron chi connectivity index (χ0n) is 12.5. The molecule has 1 aromatic rings. The Morgan fingerprint density at radius 1 is 1.18 bits per heavy atom. The van der Waals surface area contributed by atoms with Crippen molar-refractivity contribution in [2.45, 2.75) is 25.4 Å². The molecule has 0 unspecified atom stereocenters. The first kappa shape index (κ1) is 14.8. The zero-order chi connectivity index (χ0) is 15.5. The molecule has 1 saturated heterocycles. The molecule has 1 heterocycles. The molecule has 2 fully saturated rings. The molecule has 2 aliphatic rings. The molecule has 0 spiro atoms. The Kier molecular flexibility index (Phi) is 4.29. The van der Waals surface area contributed by atoms with E-state index in [9.17, 15) is 9.59 Å². The number of amides is 2. The maximum Gasteiger partial charge on any atom is 0.335 e. The molecule has 22 heavy (non-hydrogen) atoms. The Hall–Kier alpha value is -2.08. The van der Waals surface area contributed by atoms with Gasteiger partial charge in [-0.1, -0.05) is 12.1 Å². The minimum absolute atomic E-state index is 0.0730. The molecule has 2 N–H and O–H groups in total. The van der Waals surface area contributed by atoms with Gasteiger partial charge in [-0.2, -0.15) is 0 Å². The van der Waals surface area contributed by atoms with Gasteiger partial charge in [-0.3, -0.25) is 4.90 Å². The number of benzene rings is 1. The van der Waals surface area contributed by atoms with Gasteiger partial charge in [0.25, 0.3) is 0 Å². The number of carboxylic acids is 1. The van der Waals surface area contributed by atoms with Crippen molar-refractivity contribution >= 4 is 12.0 Å². The number of carbonyl (C=O) groups excluding carboxylic acids is 1. The van der Waals surface area contributed by atoms with Gasteiger partial charge in [-0.05, 0) is 30.5 Å². The monoisotopic (exact) mass is 303 g/mol. The molecule has 3 rings (SSSR count). The van der Waals surface area contributed by atoms with Crippen molar-refractivity contribution in [2.75, 3.05) is 26.2 Å². The number of carboxylic acid groups (broad SMARTS) is 1. The van der Waals surface area contributed by atoms with Crippen LogP contribution in [0.3, 0.4) is 0 Å². The quantitative estimate of drug-likeness (QED) is 0.881. The maximum absolute atomic E-state index is 12.2. The SMILES string of the molecule is O=C(O)c1cccc(CNC(=O)N2CCN(C3CC3)CC2)c1. The van der Waals surface area contributed by atoms with Crippen LogP contribution in [-0.4, -0.2) is 59.1 Å². The van der Waals surface area contributed by atoms with Crippen LogP contribution in [0.1, 0.15) is 28.8 Å². The van der Waals surface area contributed by atoms with Crippen LogP contribution in [0.15, 0.2) is 24.3 Å².